The van der Waals surface area contributed by atoms with Gasteiger partial charge in [-0.25, -0.2) is 0 Å². The first-order valence-corrected chi connectivity index (χ1v) is 8.37. The number of ether oxygens (including phenoxy) is 1. The van der Waals surface area contributed by atoms with Gasteiger partial charge in [0, 0.05) is 18.0 Å². The van der Waals surface area contributed by atoms with Crippen LogP contribution in [0.3, 0.4) is 0 Å². The van der Waals surface area contributed by atoms with Crippen LogP contribution in [-0.2, 0) is 6.42 Å². The van der Waals surface area contributed by atoms with Gasteiger partial charge in [-0.15, -0.1) is 0 Å². The highest BCUT2D eigenvalue weighted by atomic mass is 16.5. The third-order valence-electron chi connectivity index (χ3n) is 4.18. The number of nitrogens with one attached hydrogen (secondary N) is 1. The SMILES string of the molecule is CNc1c(CC(C)C)nc2ccc(OC)cc2c1-c1ccccc1. The second-order valence-electron chi connectivity index (χ2n) is 6.41. The van der Waals surface area contributed by atoms with E-state index in [0.717, 1.165) is 34.5 Å². The minimum Gasteiger partial charge on any atom is -0.497 e. The smallest absolute Gasteiger partial charge is 0.119 e. The summed E-state index contributed by atoms with van der Waals surface area (Å²) in [6.45, 7) is 4.45. The average molecular weight is 320 g/mol. The van der Waals surface area contributed by atoms with E-state index in [4.69, 9.17) is 9.72 Å². The van der Waals surface area contributed by atoms with E-state index in [1.807, 2.05) is 25.2 Å². The standard InChI is InChI=1S/C21H24N2O/c1-14(2)12-19-21(22-3)20(15-8-6-5-7-9-15)17-13-16(24-4)10-11-18(17)23-19/h5-11,13-14,22H,12H2,1-4H3. The molecule has 0 saturated heterocycles. The highest BCUT2D eigenvalue weighted by molar-refractivity contribution is 6.02. The molecule has 3 nitrogen and oxygen atoms in total. The summed E-state index contributed by atoms with van der Waals surface area (Å²) in [5, 5.41) is 4.50. The minimum absolute atomic E-state index is 0.545. The van der Waals surface area contributed by atoms with Crippen molar-refractivity contribution in [2.45, 2.75) is 20.3 Å². The molecule has 124 valence electrons. The molecule has 0 amide bonds. The molecule has 0 unspecified atom stereocenters. The summed E-state index contributed by atoms with van der Waals surface area (Å²) < 4.78 is 5.43. The number of aromatic nitrogens is 1. The van der Waals surface area contributed by atoms with Gasteiger partial charge in [0.05, 0.1) is 24.0 Å². The van der Waals surface area contributed by atoms with E-state index in [2.05, 4.69) is 49.5 Å². The van der Waals surface area contributed by atoms with E-state index in [1.165, 1.54) is 11.1 Å². The van der Waals surface area contributed by atoms with Crippen LogP contribution in [0.2, 0.25) is 0 Å². The molecule has 3 rings (SSSR count). The number of methoxy groups -OCH3 is 1. The van der Waals surface area contributed by atoms with Gasteiger partial charge in [-0.1, -0.05) is 44.2 Å². The molecule has 3 aromatic rings. The van der Waals surface area contributed by atoms with Crippen LogP contribution in [0.25, 0.3) is 22.0 Å². The fraction of sp³-hybridized carbons (Fsp3) is 0.286. The van der Waals surface area contributed by atoms with Crippen molar-refractivity contribution in [2.75, 3.05) is 19.5 Å². The quantitative estimate of drug-likeness (QED) is 0.706. The lowest BCUT2D eigenvalue weighted by molar-refractivity contribution is 0.415. The Kier molecular flexibility index (Phi) is 4.70. The van der Waals surface area contributed by atoms with E-state index in [9.17, 15) is 0 Å². The molecule has 1 heterocycles. The lowest BCUT2D eigenvalue weighted by Crippen LogP contribution is -2.06. The summed E-state index contributed by atoms with van der Waals surface area (Å²) in [5.41, 5.74) is 5.61. The topological polar surface area (TPSA) is 34.2 Å². The maximum Gasteiger partial charge on any atom is 0.119 e. The fourth-order valence-corrected chi connectivity index (χ4v) is 3.13. The first kappa shape index (κ1) is 16.3. The van der Waals surface area contributed by atoms with Crippen molar-refractivity contribution in [2.24, 2.45) is 5.92 Å². The van der Waals surface area contributed by atoms with Crippen molar-refractivity contribution < 1.29 is 4.74 Å². The third kappa shape index (κ3) is 3.07. The van der Waals surface area contributed by atoms with Gasteiger partial charge >= 0.3 is 0 Å². The van der Waals surface area contributed by atoms with Crippen LogP contribution in [0.4, 0.5) is 5.69 Å². The summed E-state index contributed by atoms with van der Waals surface area (Å²) in [6, 6.07) is 16.6. The molecule has 3 heteroatoms. The number of nitrogens with zero attached hydrogens (tertiary/aromatic N) is 1. The Morgan fingerprint density at radius 2 is 1.83 bits per heavy atom. The fourth-order valence-electron chi connectivity index (χ4n) is 3.13. The van der Waals surface area contributed by atoms with Crippen molar-refractivity contribution in [1.29, 1.82) is 0 Å². The first-order valence-electron chi connectivity index (χ1n) is 8.37. The molecule has 0 bridgehead atoms. The van der Waals surface area contributed by atoms with Crippen molar-refractivity contribution >= 4 is 16.6 Å². The highest BCUT2D eigenvalue weighted by Crippen LogP contribution is 2.38. The van der Waals surface area contributed by atoms with Crippen LogP contribution < -0.4 is 10.1 Å². The van der Waals surface area contributed by atoms with Crippen molar-refractivity contribution in [3.05, 3.63) is 54.2 Å². The molecule has 1 N–H and O–H groups in total. The van der Waals surface area contributed by atoms with Gasteiger partial charge in [0.2, 0.25) is 0 Å². The number of rotatable bonds is 5. The van der Waals surface area contributed by atoms with Gasteiger partial charge in [0.25, 0.3) is 0 Å². The van der Waals surface area contributed by atoms with Gasteiger partial charge in [-0.3, -0.25) is 4.98 Å². The number of pyridine rings is 1. The summed E-state index contributed by atoms with van der Waals surface area (Å²) in [4.78, 5) is 4.93. The zero-order valence-electron chi connectivity index (χ0n) is 14.8. The number of hydrogen-bond donors (Lipinski definition) is 1. The van der Waals surface area contributed by atoms with Crippen molar-refractivity contribution in [1.82, 2.24) is 4.98 Å². The van der Waals surface area contributed by atoms with E-state index in [-0.39, 0.29) is 0 Å². The molecule has 2 aromatic carbocycles. The Morgan fingerprint density at radius 3 is 2.46 bits per heavy atom. The summed E-state index contributed by atoms with van der Waals surface area (Å²) in [5.74, 6) is 1.39. The summed E-state index contributed by atoms with van der Waals surface area (Å²) in [6.07, 6.45) is 0.942. The molecule has 0 saturated carbocycles. The highest BCUT2D eigenvalue weighted by Gasteiger charge is 2.17. The van der Waals surface area contributed by atoms with Crippen LogP contribution in [0.5, 0.6) is 5.75 Å². The minimum atomic E-state index is 0.545. The Morgan fingerprint density at radius 1 is 1.08 bits per heavy atom. The molecular weight excluding hydrogens is 296 g/mol. The van der Waals surface area contributed by atoms with Gasteiger partial charge in [-0.2, -0.15) is 0 Å². The molecule has 1 aromatic heterocycles. The summed E-state index contributed by atoms with van der Waals surface area (Å²) in [7, 11) is 3.67. The Bertz CT molecular complexity index is 841. The number of anilines is 1. The largest absolute Gasteiger partial charge is 0.497 e. The lowest BCUT2D eigenvalue weighted by Gasteiger charge is -2.18. The molecule has 0 aliphatic rings. The predicted molar refractivity (Wildman–Crippen MR) is 102 cm³/mol. The van der Waals surface area contributed by atoms with Crippen LogP contribution >= 0.6 is 0 Å². The summed E-state index contributed by atoms with van der Waals surface area (Å²) >= 11 is 0. The monoisotopic (exact) mass is 320 g/mol. The number of fused-ring (bicyclic) bond motifs is 1. The molecular formula is C21H24N2O. The van der Waals surface area contributed by atoms with Gasteiger partial charge in [0.1, 0.15) is 5.75 Å². The molecule has 0 atom stereocenters. The number of benzene rings is 2. The van der Waals surface area contributed by atoms with Gasteiger partial charge in [0.15, 0.2) is 0 Å². The molecule has 0 aliphatic carbocycles. The molecule has 0 fully saturated rings. The van der Waals surface area contributed by atoms with Crippen LogP contribution in [-0.4, -0.2) is 19.1 Å². The molecule has 0 aliphatic heterocycles. The maximum absolute atomic E-state index is 5.43. The zero-order valence-corrected chi connectivity index (χ0v) is 14.8. The molecule has 0 radical (unpaired) electrons. The molecule has 0 spiro atoms. The van der Waals surface area contributed by atoms with Crippen LogP contribution in [0.15, 0.2) is 48.5 Å². The van der Waals surface area contributed by atoms with Crippen molar-refractivity contribution in [3.63, 3.8) is 0 Å². The zero-order chi connectivity index (χ0) is 17.1. The van der Waals surface area contributed by atoms with E-state index < -0.39 is 0 Å². The van der Waals surface area contributed by atoms with E-state index in [0.29, 0.717) is 5.92 Å². The van der Waals surface area contributed by atoms with Gasteiger partial charge < -0.3 is 10.1 Å². The van der Waals surface area contributed by atoms with E-state index in [1.54, 1.807) is 7.11 Å². The molecule has 24 heavy (non-hydrogen) atoms. The van der Waals surface area contributed by atoms with Crippen LogP contribution in [0.1, 0.15) is 19.5 Å². The first-order chi connectivity index (χ1) is 11.6. The number of hydrogen-bond acceptors (Lipinski definition) is 3. The Labute approximate surface area is 143 Å². The van der Waals surface area contributed by atoms with E-state index >= 15 is 0 Å². The van der Waals surface area contributed by atoms with Crippen LogP contribution in [0, 0.1) is 5.92 Å². The second kappa shape index (κ2) is 6.91. The Balaban J connectivity index is 2.37. The Hall–Kier alpha value is -2.55. The average Bonchev–Trinajstić information content (AvgIpc) is 2.60. The predicted octanol–water partition coefficient (Wildman–Crippen LogP) is 5.15. The maximum atomic E-state index is 5.43. The van der Waals surface area contributed by atoms with Gasteiger partial charge in [-0.05, 0) is 36.1 Å². The van der Waals surface area contributed by atoms with Crippen molar-refractivity contribution in [3.8, 4) is 16.9 Å². The lowest BCUT2D eigenvalue weighted by atomic mass is 9.95. The third-order valence-corrected chi connectivity index (χ3v) is 4.18. The normalized spacial score (nSPS) is 11.0. The second-order valence-corrected chi connectivity index (χ2v) is 6.41.